The lowest BCUT2D eigenvalue weighted by molar-refractivity contribution is 0.292. The van der Waals surface area contributed by atoms with Crippen LogP contribution < -0.4 is 0 Å². The lowest BCUT2D eigenvalue weighted by atomic mass is 9.79. The summed E-state index contributed by atoms with van der Waals surface area (Å²) in [5, 5.41) is 0. The lowest BCUT2D eigenvalue weighted by Crippen LogP contribution is -2.35. The Hall–Kier alpha value is -0.290. The van der Waals surface area contributed by atoms with E-state index in [1.54, 1.807) is 0 Å². The summed E-state index contributed by atoms with van der Waals surface area (Å²) < 4.78 is 11.2. The minimum Gasteiger partial charge on any atom is -0.260 e. The lowest BCUT2D eigenvalue weighted by Gasteiger charge is -2.34. The monoisotopic (exact) mass is 170 g/mol. The number of hydrogen-bond donors (Lipinski definition) is 0. The zero-order chi connectivity index (χ0) is 8.48. The van der Waals surface area contributed by atoms with Gasteiger partial charge in [0.25, 0.3) is 0 Å². The largest absolute Gasteiger partial charge is 0.260 e. The Labute approximate surface area is 71.0 Å². The van der Waals surface area contributed by atoms with E-state index in [1.165, 1.54) is 0 Å². The molecule has 0 aliphatic carbocycles. The van der Waals surface area contributed by atoms with Crippen molar-refractivity contribution >= 4 is 10.8 Å². The van der Waals surface area contributed by atoms with Crippen molar-refractivity contribution in [1.29, 1.82) is 0 Å². The van der Waals surface area contributed by atoms with Gasteiger partial charge in [0.05, 0.1) is 0 Å². The van der Waals surface area contributed by atoms with Crippen LogP contribution in [0.15, 0.2) is 0 Å². The second-order valence-electron chi connectivity index (χ2n) is 3.78. The summed E-state index contributed by atoms with van der Waals surface area (Å²) in [5.41, 5.74) is 0.0812. The van der Waals surface area contributed by atoms with Crippen LogP contribution in [-0.2, 0) is 10.8 Å². The zero-order valence-electron chi connectivity index (χ0n) is 7.09. The molecule has 2 unspecified atom stereocenters. The molecule has 0 spiro atoms. The minimum absolute atomic E-state index is 0.0812. The fourth-order valence-corrected chi connectivity index (χ4v) is 3.21. The van der Waals surface area contributed by atoms with Crippen LogP contribution >= 0.6 is 0 Å². The van der Waals surface area contributed by atoms with Crippen molar-refractivity contribution in [3.05, 3.63) is 0 Å². The van der Waals surface area contributed by atoms with Crippen molar-refractivity contribution in [2.75, 3.05) is 11.5 Å². The first-order valence-electron chi connectivity index (χ1n) is 3.87. The maximum atomic E-state index is 11.2. The van der Waals surface area contributed by atoms with Crippen LogP contribution in [0.4, 0.5) is 0 Å². The van der Waals surface area contributed by atoms with Crippen LogP contribution in [0.5, 0.6) is 0 Å². The molecule has 1 fully saturated rings. The van der Waals surface area contributed by atoms with Gasteiger partial charge >= 0.3 is 0 Å². The van der Waals surface area contributed by atoms with E-state index >= 15 is 0 Å². The molecule has 0 N–H and O–H groups in total. The van der Waals surface area contributed by atoms with E-state index < -0.39 is 10.8 Å². The molecular weight excluding hydrogens is 156 g/mol. The van der Waals surface area contributed by atoms with Crippen LogP contribution in [-0.4, -0.2) is 15.7 Å². The molecule has 1 rings (SSSR count). The number of hydrogen-bond acceptors (Lipinski definition) is 1. The first-order valence-corrected chi connectivity index (χ1v) is 5.36. The van der Waals surface area contributed by atoms with Gasteiger partial charge in [-0.1, -0.05) is 13.8 Å². The Balaban J connectivity index is 2.73. The molecule has 0 aromatic rings. The van der Waals surface area contributed by atoms with Gasteiger partial charge in [-0.25, -0.2) is 0 Å². The highest BCUT2D eigenvalue weighted by Crippen LogP contribution is 2.33. The summed E-state index contributed by atoms with van der Waals surface area (Å²) in [7, 11) is -0.628. The number of terminal acetylenes is 1. The molecule has 62 valence electrons. The average Bonchev–Trinajstić information content (AvgIpc) is 1.85. The Bertz CT molecular complexity index is 212. The van der Waals surface area contributed by atoms with Gasteiger partial charge in [-0.3, -0.25) is 4.21 Å². The van der Waals surface area contributed by atoms with Crippen molar-refractivity contribution in [3.8, 4) is 12.3 Å². The molecule has 1 saturated heterocycles. The maximum Gasteiger partial charge on any atom is 0.0297 e. The van der Waals surface area contributed by atoms with E-state index in [2.05, 4.69) is 19.8 Å². The molecule has 1 heterocycles. The third-order valence-corrected chi connectivity index (χ3v) is 4.07. The van der Waals surface area contributed by atoms with Crippen molar-refractivity contribution < 1.29 is 4.21 Å². The van der Waals surface area contributed by atoms with Crippen molar-refractivity contribution in [2.24, 2.45) is 11.3 Å². The van der Waals surface area contributed by atoms with E-state index in [0.29, 0.717) is 5.92 Å². The molecule has 0 bridgehead atoms. The van der Waals surface area contributed by atoms with Crippen LogP contribution in [0.3, 0.4) is 0 Å². The van der Waals surface area contributed by atoms with Gasteiger partial charge in [0.2, 0.25) is 0 Å². The molecule has 1 nitrogen and oxygen atoms in total. The molecule has 1 aliphatic rings. The van der Waals surface area contributed by atoms with E-state index in [-0.39, 0.29) is 5.41 Å². The van der Waals surface area contributed by atoms with E-state index in [0.717, 1.165) is 17.9 Å². The summed E-state index contributed by atoms with van der Waals surface area (Å²) in [6.45, 7) is 4.21. The predicted molar refractivity (Wildman–Crippen MR) is 48.6 cm³/mol. The molecule has 0 aromatic heterocycles. The first kappa shape index (κ1) is 8.80. The summed E-state index contributed by atoms with van der Waals surface area (Å²) in [4.78, 5) is 0. The van der Waals surface area contributed by atoms with Crippen LogP contribution in [0, 0.1) is 23.7 Å². The highest BCUT2D eigenvalue weighted by Gasteiger charge is 2.34. The average molecular weight is 170 g/mol. The SMILES string of the molecule is C#CC1CCS(=O)CC1(C)C. The minimum atomic E-state index is -0.628. The Morgan fingerprint density at radius 1 is 1.64 bits per heavy atom. The highest BCUT2D eigenvalue weighted by atomic mass is 32.2. The Morgan fingerprint density at radius 2 is 2.27 bits per heavy atom. The third-order valence-electron chi connectivity index (χ3n) is 2.31. The smallest absolute Gasteiger partial charge is 0.0297 e. The Morgan fingerprint density at radius 3 is 2.73 bits per heavy atom. The Kier molecular flexibility index (Phi) is 2.39. The molecule has 2 heteroatoms. The van der Waals surface area contributed by atoms with Crippen molar-refractivity contribution in [3.63, 3.8) is 0 Å². The summed E-state index contributed by atoms with van der Waals surface area (Å²) in [6.07, 6.45) is 6.30. The second-order valence-corrected chi connectivity index (χ2v) is 5.36. The summed E-state index contributed by atoms with van der Waals surface area (Å²) >= 11 is 0. The maximum absolute atomic E-state index is 11.2. The van der Waals surface area contributed by atoms with Gasteiger partial charge in [-0.05, 0) is 11.8 Å². The fourth-order valence-electron chi connectivity index (χ4n) is 1.54. The highest BCUT2D eigenvalue weighted by molar-refractivity contribution is 7.85. The van der Waals surface area contributed by atoms with Crippen molar-refractivity contribution in [1.82, 2.24) is 0 Å². The molecule has 2 atom stereocenters. The standard InChI is InChI=1S/C9H14OS/c1-4-8-5-6-11(10)7-9(8,2)3/h1,8H,5-7H2,2-3H3. The van der Waals surface area contributed by atoms with E-state index in [9.17, 15) is 4.21 Å². The molecule has 11 heavy (non-hydrogen) atoms. The second kappa shape index (κ2) is 2.98. The fraction of sp³-hybridized carbons (Fsp3) is 0.778. The summed E-state index contributed by atoms with van der Waals surface area (Å²) in [5.74, 6) is 4.66. The molecule has 0 amide bonds. The normalized spacial score (nSPS) is 36.1. The zero-order valence-corrected chi connectivity index (χ0v) is 7.91. The molecule has 1 aliphatic heterocycles. The predicted octanol–water partition coefficient (Wildman–Crippen LogP) is 1.41. The first-order chi connectivity index (χ1) is 5.06. The van der Waals surface area contributed by atoms with Gasteiger partial charge in [0.15, 0.2) is 0 Å². The third kappa shape index (κ3) is 1.84. The van der Waals surface area contributed by atoms with E-state index in [4.69, 9.17) is 6.42 Å². The quantitative estimate of drug-likeness (QED) is 0.502. The topological polar surface area (TPSA) is 17.1 Å². The van der Waals surface area contributed by atoms with Gasteiger partial charge in [-0.15, -0.1) is 12.3 Å². The van der Waals surface area contributed by atoms with Gasteiger partial charge < -0.3 is 0 Å². The summed E-state index contributed by atoms with van der Waals surface area (Å²) in [6, 6.07) is 0. The molecular formula is C9H14OS. The van der Waals surface area contributed by atoms with Crippen LogP contribution in [0.25, 0.3) is 0 Å². The van der Waals surface area contributed by atoms with Crippen LogP contribution in [0.1, 0.15) is 20.3 Å². The molecule has 0 saturated carbocycles. The van der Waals surface area contributed by atoms with Gasteiger partial charge in [0, 0.05) is 28.2 Å². The van der Waals surface area contributed by atoms with E-state index in [1.807, 2.05) is 0 Å². The van der Waals surface area contributed by atoms with Gasteiger partial charge in [-0.2, -0.15) is 0 Å². The van der Waals surface area contributed by atoms with Crippen molar-refractivity contribution in [2.45, 2.75) is 20.3 Å². The van der Waals surface area contributed by atoms with Gasteiger partial charge in [0.1, 0.15) is 0 Å². The molecule has 0 aromatic carbocycles. The van der Waals surface area contributed by atoms with Crippen LogP contribution in [0.2, 0.25) is 0 Å². The molecule has 0 radical (unpaired) electrons. The number of rotatable bonds is 0.